The average Bonchev–Trinajstić information content (AvgIpc) is 2.29. The Hall–Kier alpha value is -0.680. The lowest BCUT2D eigenvalue weighted by Gasteiger charge is -2.32. The first-order valence-electron chi connectivity index (χ1n) is 5.86. The molecule has 0 aliphatic heterocycles. The summed E-state index contributed by atoms with van der Waals surface area (Å²) in [6, 6.07) is 1.36. The van der Waals surface area contributed by atoms with Crippen molar-refractivity contribution in [1.29, 1.82) is 0 Å². The Morgan fingerprint density at radius 3 is 2.76 bits per heavy atom. The van der Waals surface area contributed by atoms with Crippen molar-refractivity contribution in [3.63, 3.8) is 0 Å². The van der Waals surface area contributed by atoms with Gasteiger partial charge in [0.2, 0.25) is 0 Å². The predicted octanol–water partition coefficient (Wildman–Crippen LogP) is 3.09. The summed E-state index contributed by atoms with van der Waals surface area (Å²) in [6.45, 7) is 0.360. The number of halogens is 2. The van der Waals surface area contributed by atoms with E-state index in [1.54, 1.807) is 0 Å². The van der Waals surface area contributed by atoms with Crippen molar-refractivity contribution in [2.24, 2.45) is 0 Å². The number of rotatable bonds is 3. The minimum atomic E-state index is -0.709. The largest absolute Gasteiger partial charge is 0.388 e. The van der Waals surface area contributed by atoms with Gasteiger partial charge < -0.3 is 10.4 Å². The molecule has 0 bridgehead atoms. The summed E-state index contributed by atoms with van der Waals surface area (Å²) in [6.07, 6.45) is 6.34. The number of nitrogens with zero attached hydrogens (tertiary/aromatic N) is 1. The van der Waals surface area contributed by atoms with Crippen LogP contribution in [-0.2, 0) is 0 Å². The van der Waals surface area contributed by atoms with Gasteiger partial charge in [-0.1, -0.05) is 19.3 Å². The van der Waals surface area contributed by atoms with Crippen LogP contribution in [0.2, 0.25) is 0 Å². The standard InChI is InChI=1S/C12H16BrFN2O/c13-9-6-10(14)11(15-7-9)16-8-12(17)4-2-1-3-5-12/h6-7,17H,1-5,8H2,(H,15,16). The van der Waals surface area contributed by atoms with Crippen molar-refractivity contribution in [3.05, 3.63) is 22.6 Å². The van der Waals surface area contributed by atoms with E-state index in [1.807, 2.05) is 0 Å². The number of pyridine rings is 1. The molecule has 1 aliphatic carbocycles. The van der Waals surface area contributed by atoms with Gasteiger partial charge in [-0.05, 0) is 34.8 Å². The Kier molecular flexibility index (Phi) is 3.99. The fourth-order valence-corrected chi connectivity index (χ4v) is 2.48. The SMILES string of the molecule is OC1(CNc2ncc(Br)cc2F)CCCCC1. The first kappa shape index (κ1) is 12.8. The van der Waals surface area contributed by atoms with E-state index in [0.29, 0.717) is 11.0 Å². The maximum absolute atomic E-state index is 13.5. The lowest BCUT2D eigenvalue weighted by atomic mass is 9.85. The number of aliphatic hydroxyl groups is 1. The van der Waals surface area contributed by atoms with Gasteiger partial charge in [0.15, 0.2) is 11.6 Å². The van der Waals surface area contributed by atoms with E-state index in [-0.39, 0.29) is 5.82 Å². The molecule has 0 radical (unpaired) electrons. The minimum absolute atomic E-state index is 0.201. The normalized spacial score (nSPS) is 19.0. The van der Waals surface area contributed by atoms with E-state index >= 15 is 0 Å². The van der Waals surface area contributed by atoms with Gasteiger partial charge in [0, 0.05) is 17.2 Å². The molecule has 0 spiro atoms. The summed E-state index contributed by atoms with van der Waals surface area (Å²) in [4.78, 5) is 3.95. The molecule has 1 aromatic heterocycles. The second-order valence-corrected chi connectivity index (χ2v) is 5.54. The third-order valence-corrected chi connectivity index (χ3v) is 3.61. The summed E-state index contributed by atoms with van der Waals surface area (Å²) < 4.78 is 14.1. The van der Waals surface area contributed by atoms with Crippen LogP contribution in [0.3, 0.4) is 0 Å². The van der Waals surface area contributed by atoms with E-state index < -0.39 is 11.4 Å². The van der Waals surface area contributed by atoms with Gasteiger partial charge in [0.05, 0.1) is 5.60 Å². The molecule has 2 rings (SSSR count). The summed E-state index contributed by atoms with van der Waals surface area (Å²) in [7, 11) is 0. The number of anilines is 1. The van der Waals surface area contributed by atoms with E-state index in [9.17, 15) is 9.50 Å². The van der Waals surface area contributed by atoms with Crippen LogP contribution in [0, 0.1) is 5.82 Å². The Labute approximate surface area is 109 Å². The Bertz CT molecular complexity index is 394. The van der Waals surface area contributed by atoms with Crippen molar-refractivity contribution in [2.45, 2.75) is 37.7 Å². The lowest BCUT2D eigenvalue weighted by molar-refractivity contribution is 0.0166. The van der Waals surface area contributed by atoms with Gasteiger partial charge in [-0.2, -0.15) is 0 Å². The zero-order valence-corrected chi connectivity index (χ0v) is 11.1. The van der Waals surface area contributed by atoms with Crippen molar-refractivity contribution in [2.75, 3.05) is 11.9 Å². The maximum atomic E-state index is 13.5. The van der Waals surface area contributed by atoms with Gasteiger partial charge in [-0.3, -0.25) is 0 Å². The predicted molar refractivity (Wildman–Crippen MR) is 68.4 cm³/mol. The zero-order valence-electron chi connectivity index (χ0n) is 9.55. The summed E-state index contributed by atoms with van der Waals surface area (Å²) >= 11 is 3.15. The molecule has 0 aromatic carbocycles. The number of aromatic nitrogens is 1. The molecule has 0 unspecified atom stereocenters. The van der Waals surface area contributed by atoms with Gasteiger partial charge >= 0.3 is 0 Å². The summed E-state index contributed by atoms with van der Waals surface area (Å²) in [5, 5.41) is 13.1. The van der Waals surface area contributed by atoms with E-state index in [0.717, 1.165) is 25.7 Å². The highest BCUT2D eigenvalue weighted by Gasteiger charge is 2.29. The minimum Gasteiger partial charge on any atom is -0.388 e. The Morgan fingerprint density at radius 2 is 2.12 bits per heavy atom. The number of nitrogens with one attached hydrogen (secondary N) is 1. The molecule has 0 amide bonds. The molecule has 1 aliphatic rings. The van der Waals surface area contributed by atoms with E-state index in [4.69, 9.17) is 0 Å². The molecule has 1 aromatic rings. The molecule has 3 nitrogen and oxygen atoms in total. The Morgan fingerprint density at radius 1 is 1.41 bits per heavy atom. The average molecular weight is 303 g/mol. The van der Waals surface area contributed by atoms with Crippen LogP contribution < -0.4 is 5.32 Å². The molecular weight excluding hydrogens is 287 g/mol. The molecule has 0 saturated heterocycles. The van der Waals surface area contributed by atoms with Crippen LogP contribution >= 0.6 is 15.9 Å². The van der Waals surface area contributed by atoms with Crippen LogP contribution in [0.15, 0.2) is 16.7 Å². The van der Waals surface area contributed by atoms with Crippen molar-refractivity contribution in [3.8, 4) is 0 Å². The highest BCUT2D eigenvalue weighted by molar-refractivity contribution is 9.10. The molecule has 0 atom stereocenters. The zero-order chi connectivity index (χ0) is 12.3. The van der Waals surface area contributed by atoms with Crippen LogP contribution in [0.25, 0.3) is 0 Å². The monoisotopic (exact) mass is 302 g/mol. The van der Waals surface area contributed by atoms with Crippen LogP contribution in [0.1, 0.15) is 32.1 Å². The second kappa shape index (κ2) is 5.31. The topological polar surface area (TPSA) is 45.1 Å². The first-order valence-corrected chi connectivity index (χ1v) is 6.66. The van der Waals surface area contributed by atoms with Crippen LogP contribution in [0.5, 0.6) is 0 Å². The van der Waals surface area contributed by atoms with Gasteiger partial charge in [-0.25, -0.2) is 9.37 Å². The van der Waals surface area contributed by atoms with E-state index in [2.05, 4.69) is 26.2 Å². The van der Waals surface area contributed by atoms with Crippen molar-refractivity contribution < 1.29 is 9.50 Å². The smallest absolute Gasteiger partial charge is 0.166 e. The van der Waals surface area contributed by atoms with Crippen LogP contribution in [0.4, 0.5) is 10.2 Å². The maximum Gasteiger partial charge on any atom is 0.166 e. The van der Waals surface area contributed by atoms with Crippen molar-refractivity contribution >= 4 is 21.7 Å². The fraction of sp³-hybridized carbons (Fsp3) is 0.583. The molecule has 2 N–H and O–H groups in total. The molecule has 94 valence electrons. The lowest BCUT2D eigenvalue weighted by Crippen LogP contribution is -2.39. The molecule has 1 saturated carbocycles. The van der Waals surface area contributed by atoms with Gasteiger partial charge in [0.1, 0.15) is 0 Å². The molecule has 1 fully saturated rings. The van der Waals surface area contributed by atoms with Crippen molar-refractivity contribution in [1.82, 2.24) is 4.98 Å². The molecule has 5 heteroatoms. The van der Waals surface area contributed by atoms with Gasteiger partial charge in [-0.15, -0.1) is 0 Å². The second-order valence-electron chi connectivity index (χ2n) is 4.62. The highest BCUT2D eigenvalue weighted by Crippen LogP contribution is 2.28. The number of hydrogen-bond acceptors (Lipinski definition) is 3. The van der Waals surface area contributed by atoms with E-state index in [1.165, 1.54) is 18.7 Å². The quantitative estimate of drug-likeness (QED) is 0.902. The fourth-order valence-electron chi connectivity index (χ4n) is 2.18. The first-order chi connectivity index (χ1) is 8.09. The molecule has 17 heavy (non-hydrogen) atoms. The third-order valence-electron chi connectivity index (χ3n) is 3.18. The highest BCUT2D eigenvalue weighted by atomic mass is 79.9. The molecule has 1 heterocycles. The summed E-state index contributed by atoms with van der Waals surface area (Å²) in [5.41, 5.74) is -0.709. The molecular formula is C12H16BrFN2O. The third kappa shape index (κ3) is 3.39. The summed E-state index contributed by atoms with van der Waals surface area (Å²) in [5.74, 6) is -0.203. The number of hydrogen-bond donors (Lipinski definition) is 2. The Balaban J connectivity index is 1.97. The van der Waals surface area contributed by atoms with Crippen LogP contribution in [-0.4, -0.2) is 22.2 Å². The van der Waals surface area contributed by atoms with Gasteiger partial charge in [0.25, 0.3) is 0 Å².